The Bertz CT molecular complexity index is 672. The third-order valence-electron chi connectivity index (χ3n) is 2.86. The largest absolute Gasteiger partial charge is 0.326 e. The SMILES string of the molecule is Cc1[nH]nc(S(=O)(=O)NCc2ccnn2C)c1CN. The third-order valence-corrected chi connectivity index (χ3v) is 4.23. The van der Waals surface area contributed by atoms with Crippen molar-refractivity contribution in [2.45, 2.75) is 25.0 Å². The number of sulfonamides is 1. The van der Waals surface area contributed by atoms with Crippen molar-refractivity contribution in [2.75, 3.05) is 0 Å². The molecule has 2 rings (SSSR count). The molecule has 0 spiro atoms. The second-order valence-corrected chi connectivity index (χ2v) is 5.79. The first-order valence-corrected chi connectivity index (χ1v) is 7.14. The number of nitrogens with one attached hydrogen (secondary N) is 2. The highest BCUT2D eigenvalue weighted by Crippen LogP contribution is 2.15. The fraction of sp³-hybridized carbons (Fsp3) is 0.400. The fourth-order valence-electron chi connectivity index (χ4n) is 1.70. The number of rotatable bonds is 5. The highest BCUT2D eigenvalue weighted by molar-refractivity contribution is 7.89. The number of nitrogens with zero attached hydrogens (tertiary/aromatic N) is 3. The third kappa shape index (κ3) is 2.67. The van der Waals surface area contributed by atoms with Crippen molar-refractivity contribution in [1.82, 2.24) is 24.7 Å². The molecule has 2 aromatic rings. The number of hydrogen-bond acceptors (Lipinski definition) is 5. The van der Waals surface area contributed by atoms with Gasteiger partial charge in [0.15, 0.2) is 5.03 Å². The Morgan fingerprint density at radius 2 is 2.26 bits per heavy atom. The van der Waals surface area contributed by atoms with Crippen molar-refractivity contribution >= 4 is 10.0 Å². The molecule has 104 valence electrons. The van der Waals surface area contributed by atoms with Gasteiger partial charge in [0.05, 0.1) is 12.2 Å². The zero-order valence-electron chi connectivity index (χ0n) is 10.7. The molecule has 0 fully saturated rings. The molecule has 8 nitrogen and oxygen atoms in total. The zero-order valence-corrected chi connectivity index (χ0v) is 11.5. The lowest BCUT2D eigenvalue weighted by molar-refractivity contribution is 0.571. The topological polar surface area (TPSA) is 119 Å². The van der Waals surface area contributed by atoms with Gasteiger partial charge in [0.25, 0.3) is 10.0 Å². The van der Waals surface area contributed by atoms with Gasteiger partial charge in [-0.3, -0.25) is 9.78 Å². The van der Waals surface area contributed by atoms with Crippen LogP contribution in [-0.4, -0.2) is 28.4 Å². The van der Waals surface area contributed by atoms with Crippen LogP contribution in [0, 0.1) is 6.92 Å². The van der Waals surface area contributed by atoms with Gasteiger partial charge in [0.1, 0.15) is 0 Å². The van der Waals surface area contributed by atoms with E-state index in [1.54, 1.807) is 30.9 Å². The van der Waals surface area contributed by atoms with E-state index >= 15 is 0 Å². The highest BCUT2D eigenvalue weighted by atomic mass is 32.2. The standard InChI is InChI=1S/C10H16N6O2S/c1-7-9(5-11)10(15-14-7)19(17,18)13-6-8-3-4-12-16(8)2/h3-4,13H,5-6,11H2,1-2H3,(H,14,15). The van der Waals surface area contributed by atoms with E-state index in [1.807, 2.05) is 0 Å². The van der Waals surface area contributed by atoms with E-state index in [2.05, 4.69) is 20.0 Å². The summed E-state index contributed by atoms with van der Waals surface area (Å²) in [5.41, 5.74) is 7.45. The summed E-state index contributed by atoms with van der Waals surface area (Å²) in [6.45, 7) is 1.99. The van der Waals surface area contributed by atoms with Gasteiger partial charge in [0.2, 0.25) is 0 Å². The van der Waals surface area contributed by atoms with Gasteiger partial charge < -0.3 is 5.73 Å². The van der Waals surface area contributed by atoms with Gasteiger partial charge in [0, 0.05) is 31.0 Å². The second kappa shape index (κ2) is 5.11. The minimum Gasteiger partial charge on any atom is -0.326 e. The predicted molar refractivity (Wildman–Crippen MR) is 68.4 cm³/mol. The summed E-state index contributed by atoms with van der Waals surface area (Å²) >= 11 is 0. The van der Waals surface area contributed by atoms with Crippen molar-refractivity contribution in [2.24, 2.45) is 12.8 Å². The van der Waals surface area contributed by atoms with Gasteiger partial charge in [-0.15, -0.1) is 0 Å². The average molecular weight is 284 g/mol. The molecule has 0 aromatic carbocycles. The number of aromatic nitrogens is 4. The van der Waals surface area contributed by atoms with Gasteiger partial charge >= 0.3 is 0 Å². The summed E-state index contributed by atoms with van der Waals surface area (Å²) in [7, 11) is -1.94. The summed E-state index contributed by atoms with van der Waals surface area (Å²) < 4.78 is 28.4. The zero-order chi connectivity index (χ0) is 14.0. The summed E-state index contributed by atoms with van der Waals surface area (Å²) in [5, 5.41) is 10.4. The minimum absolute atomic E-state index is 0.0466. The Morgan fingerprint density at radius 3 is 2.84 bits per heavy atom. The second-order valence-electron chi connectivity index (χ2n) is 4.11. The van der Waals surface area contributed by atoms with Crippen molar-refractivity contribution in [3.8, 4) is 0 Å². The van der Waals surface area contributed by atoms with E-state index in [1.165, 1.54) is 0 Å². The van der Waals surface area contributed by atoms with Crippen molar-refractivity contribution in [3.05, 3.63) is 29.2 Å². The smallest absolute Gasteiger partial charge is 0.260 e. The van der Waals surface area contributed by atoms with Crippen LogP contribution in [0.15, 0.2) is 17.3 Å². The van der Waals surface area contributed by atoms with Crippen LogP contribution >= 0.6 is 0 Å². The van der Waals surface area contributed by atoms with Crippen LogP contribution in [0.4, 0.5) is 0 Å². The van der Waals surface area contributed by atoms with Crippen LogP contribution in [0.25, 0.3) is 0 Å². The van der Waals surface area contributed by atoms with Crippen molar-refractivity contribution in [1.29, 1.82) is 0 Å². The summed E-state index contributed by atoms with van der Waals surface area (Å²) in [6.07, 6.45) is 1.60. The average Bonchev–Trinajstić information content (AvgIpc) is 2.93. The number of aryl methyl sites for hydroxylation is 2. The van der Waals surface area contributed by atoms with E-state index in [0.717, 1.165) is 5.69 Å². The molecule has 0 amide bonds. The van der Waals surface area contributed by atoms with Gasteiger partial charge in [-0.2, -0.15) is 10.2 Å². The Hall–Kier alpha value is -1.71. The molecular weight excluding hydrogens is 268 g/mol. The maximum atomic E-state index is 12.2. The highest BCUT2D eigenvalue weighted by Gasteiger charge is 2.23. The Balaban J connectivity index is 2.21. The molecule has 0 aliphatic heterocycles. The summed E-state index contributed by atoms with van der Waals surface area (Å²) in [5.74, 6) is 0. The van der Waals surface area contributed by atoms with Gasteiger partial charge in [-0.1, -0.05) is 0 Å². The molecule has 9 heteroatoms. The van der Waals surface area contributed by atoms with Crippen LogP contribution in [0.1, 0.15) is 17.0 Å². The molecule has 2 aromatic heterocycles. The van der Waals surface area contributed by atoms with Crippen LogP contribution in [0.2, 0.25) is 0 Å². The van der Waals surface area contributed by atoms with Crippen LogP contribution in [0.3, 0.4) is 0 Å². The lowest BCUT2D eigenvalue weighted by Crippen LogP contribution is -2.26. The number of nitrogens with two attached hydrogens (primary N) is 1. The van der Waals surface area contributed by atoms with Gasteiger partial charge in [-0.25, -0.2) is 13.1 Å². The lowest BCUT2D eigenvalue weighted by Gasteiger charge is -2.06. The Morgan fingerprint density at radius 1 is 1.53 bits per heavy atom. The molecule has 0 aliphatic carbocycles. The first-order chi connectivity index (χ1) is 8.95. The Kier molecular flexibility index (Phi) is 3.69. The summed E-state index contributed by atoms with van der Waals surface area (Å²) in [4.78, 5) is 0. The molecule has 0 radical (unpaired) electrons. The normalized spacial score (nSPS) is 11.9. The molecule has 0 atom stereocenters. The number of hydrogen-bond donors (Lipinski definition) is 3. The van der Waals surface area contributed by atoms with Crippen molar-refractivity contribution in [3.63, 3.8) is 0 Å². The van der Waals surface area contributed by atoms with Crippen LogP contribution < -0.4 is 10.5 Å². The maximum Gasteiger partial charge on any atom is 0.260 e. The predicted octanol–water partition coefficient (Wildman–Crippen LogP) is -0.611. The van der Waals surface area contributed by atoms with Crippen LogP contribution in [0.5, 0.6) is 0 Å². The molecule has 0 unspecified atom stereocenters. The first-order valence-electron chi connectivity index (χ1n) is 5.66. The first kappa shape index (κ1) is 13.7. The number of H-pyrrole nitrogens is 1. The van der Waals surface area contributed by atoms with Crippen LogP contribution in [-0.2, 0) is 30.2 Å². The molecule has 0 saturated carbocycles. The van der Waals surface area contributed by atoms with E-state index in [0.29, 0.717) is 11.3 Å². The molecule has 4 N–H and O–H groups in total. The van der Waals surface area contributed by atoms with E-state index in [-0.39, 0.29) is 18.1 Å². The molecule has 0 bridgehead atoms. The number of aromatic amines is 1. The molecule has 2 heterocycles. The van der Waals surface area contributed by atoms with E-state index < -0.39 is 10.0 Å². The van der Waals surface area contributed by atoms with E-state index in [4.69, 9.17) is 5.73 Å². The lowest BCUT2D eigenvalue weighted by atomic mass is 10.3. The summed E-state index contributed by atoms with van der Waals surface area (Å²) in [6, 6.07) is 1.74. The quantitative estimate of drug-likeness (QED) is 0.676. The molecular formula is C10H16N6O2S. The van der Waals surface area contributed by atoms with Crippen molar-refractivity contribution < 1.29 is 8.42 Å². The van der Waals surface area contributed by atoms with E-state index in [9.17, 15) is 8.42 Å². The monoisotopic (exact) mass is 284 g/mol. The Labute approximate surface area is 111 Å². The molecule has 19 heavy (non-hydrogen) atoms. The molecule has 0 saturated heterocycles. The maximum absolute atomic E-state index is 12.2. The van der Waals surface area contributed by atoms with Gasteiger partial charge in [-0.05, 0) is 13.0 Å². The fourth-order valence-corrected chi connectivity index (χ4v) is 2.91. The molecule has 0 aliphatic rings. The minimum atomic E-state index is -3.69.